The number of ether oxygens (including phenoxy) is 1. The highest BCUT2D eigenvalue weighted by molar-refractivity contribution is 7.92. The van der Waals surface area contributed by atoms with E-state index in [-0.39, 0.29) is 22.8 Å². The minimum atomic E-state index is -3.70. The van der Waals surface area contributed by atoms with Gasteiger partial charge in [-0.1, -0.05) is 48.0 Å². The van der Waals surface area contributed by atoms with Crippen molar-refractivity contribution in [1.29, 1.82) is 0 Å². The molecule has 0 fully saturated rings. The van der Waals surface area contributed by atoms with Crippen LogP contribution in [0.2, 0.25) is 5.02 Å². The van der Waals surface area contributed by atoms with Crippen LogP contribution in [-0.2, 0) is 28.2 Å². The number of anilines is 1. The Bertz CT molecular complexity index is 2030. The lowest BCUT2D eigenvalue weighted by atomic mass is 9.92. The predicted octanol–water partition coefficient (Wildman–Crippen LogP) is 7.41. The van der Waals surface area contributed by atoms with E-state index >= 15 is 0 Å². The SMILES string of the molecule is Cn1nc(NS(C)(=O)=O)c2c(Cl)ccc(-c3cc(-c4ccccc4)cnc3[C@H](Cc3cc(F)cc(F)c3)NC(=O)OC(C)(C)C)c21. The maximum Gasteiger partial charge on any atom is 0.408 e. The minimum absolute atomic E-state index is 0.0401. The number of carbonyl (C=O) groups is 1. The van der Waals surface area contributed by atoms with Gasteiger partial charge in [0.05, 0.1) is 33.9 Å². The number of hydrogen-bond donors (Lipinski definition) is 2. The molecule has 9 nitrogen and oxygen atoms in total. The molecule has 0 aliphatic carbocycles. The van der Waals surface area contributed by atoms with Crippen molar-refractivity contribution in [3.05, 3.63) is 101 Å². The Morgan fingerprint density at radius 3 is 2.30 bits per heavy atom. The zero-order valence-electron chi connectivity index (χ0n) is 25.7. The second kappa shape index (κ2) is 12.7. The van der Waals surface area contributed by atoms with Crippen LogP contribution < -0.4 is 10.0 Å². The maximum atomic E-state index is 14.3. The second-order valence-electron chi connectivity index (χ2n) is 11.9. The molecule has 0 saturated heterocycles. The maximum absolute atomic E-state index is 14.3. The summed E-state index contributed by atoms with van der Waals surface area (Å²) in [6.07, 6.45) is 1.87. The number of rotatable bonds is 8. The van der Waals surface area contributed by atoms with Crippen LogP contribution in [0.1, 0.15) is 38.1 Å². The summed E-state index contributed by atoms with van der Waals surface area (Å²) in [6, 6.07) is 17.0. The summed E-state index contributed by atoms with van der Waals surface area (Å²) >= 11 is 6.61. The van der Waals surface area contributed by atoms with Gasteiger partial charge >= 0.3 is 6.09 Å². The molecule has 1 amide bonds. The Hall–Kier alpha value is -4.55. The highest BCUT2D eigenvalue weighted by Crippen LogP contribution is 2.41. The van der Waals surface area contributed by atoms with Gasteiger partial charge in [0.15, 0.2) is 5.82 Å². The van der Waals surface area contributed by atoms with Crippen molar-refractivity contribution in [2.75, 3.05) is 11.0 Å². The third-order valence-electron chi connectivity index (χ3n) is 6.92. The van der Waals surface area contributed by atoms with Gasteiger partial charge in [0, 0.05) is 36.0 Å². The molecule has 0 radical (unpaired) electrons. The molecule has 0 aliphatic rings. The number of alkyl carbamates (subject to hydrolysis) is 1. The van der Waals surface area contributed by atoms with E-state index in [0.29, 0.717) is 27.7 Å². The first-order valence-electron chi connectivity index (χ1n) is 14.2. The molecule has 240 valence electrons. The number of pyridine rings is 1. The lowest BCUT2D eigenvalue weighted by Crippen LogP contribution is -2.36. The van der Waals surface area contributed by atoms with Crippen molar-refractivity contribution in [3.63, 3.8) is 0 Å². The third-order valence-corrected chi connectivity index (χ3v) is 7.80. The van der Waals surface area contributed by atoms with Crippen LogP contribution in [0.3, 0.4) is 0 Å². The van der Waals surface area contributed by atoms with Crippen molar-refractivity contribution in [3.8, 4) is 22.3 Å². The fourth-order valence-electron chi connectivity index (χ4n) is 5.23. The van der Waals surface area contributed by atoms with E-state index in [0.717, 1.165) is 23.4 Å². The van der Waals surface area contributed by atoms with Crippen molar-refractivity contribution >= 4 is 44.4 Å². The number of nitrogens with zero attached hydrogens (tertiary/aromatic N) is 3. The molecule has 46 heavy (non-hydrogen) atoms. The molecule has 0 saturated carbocycles. The monoisotopic (exact) mass is 667 g/mol. The van der Waals surface area contributed by atoms with Crippen molar-refractivity contribution in [2.24, 2.45) is 7.05 Å². The molecule has 2 heterocycles. The van der Waals surface area contributed by atoms with Crippen LogP contribution in [0.4, 0.5) is 19.4 Å². The van der Waals surface area contributed by atoms with E-state index in [9.17, 15) is 22.0 Å². The van der Waals surface area contributed by atoms with Crippen LogP contribution in [0, 0.1) is 11.6 Å². The smallest absolute Gasteiger partial charge is 0.408 e. The quantitative estimate of drug-likeness (QED) is 0.178. The number of nitrogens with one attached hydrogen (secondary N) is 2. The zero-order chi connectivity index (χ0) is 33.4. The number of carbonyl (C=O) groups excluding carboxylic acids is 1. The molecule has 2 N–H and O–H groups in total. The number of amides is 1. The highest BCUT2D eigenvalue weighted by atomic mass is 35.5. The van der Waals surface area contributed by atoms with E-state index in [1.165, 1.54) is 16.8 Å². The molecular weight excluding hydrogens is 636 g/mol. The fraction of sp³-hybridized carbons (Fsp3) is 0.242. The number of aromatic nitrogens is 3. The van der Waals surface area contributed by atoms with E-state index in [1.54, 1.807) is 46.1 Å². The summed E-state index contributed by atoms with van der Waals surface area (Å²) in [6.45, 7) is 5.16. The molecule has 3 aromatic carbocycles. The summed E-state index contributed by atoms with van der Waals surface area (Å²) in [7, 11) is -2.06. The summed E-state index contributed by atoms with van der Waals surface area (Å²) in [5.74, 6) is -1.49. The molecule has 0 aliphatic heterocycles. The number of fused-ring (bicyclic) bond motifs is 1. The van der Waals surface area contributed by atoms with Crippen LogP contribution in [0.25, 0.3) is 33.2 Å². The molecule has 1 atom stereocenters. The van der Waals surface area contributed by atoms with Gasteiger partial charge < -0.3 is 10.1 Å². The number of aryl methyl sites for hydroxylation is 1. The third kappa shape index (κ3) is 7.63. The van der Waals surface area contributed by atoms with E-state index in [2.05, 4.69) is 15.1 Å². The molecular formula is C33H32ClF2N5O4S. The Morgan fingerprint density at radius 1 is 1.00 bits per heavy atom. The first-order chi connectivity index (χ1) is 21.6. The Kier molecular flexibility index (Phi) is 9.05. The topological polar surface area (TPSA) is 115 Å². The normalized spacial score (nSPS) is 12.6. The Labute approximate surface area is 270 Å². The van der Waals surface area contributed by atoms with Crippen LogP contribution >= 0.6 is 11.6 Å². The van der Waals surface area contributed by atoms with Gasteiger partial charge in [-0.25, -0.2) is 22.0 Å². The van der Waals surface area contributed by atoms with E-state index < -0.39 is 39.4 Å². The van der Waals surface area contributed by atoms with Gasteiger partial charge in [-0.05, 0) is 62.6 Å². The van der Waals surface area contributed by atoms with Gasteiger partial charge in [0.1, 0.15) is 17.2 Å². The molecule has 2 aromatic heterocycles. The molecule has 5 aromatic rings. The molecule has 5 rings (SSSR count). The number of benzene rings is 3. The van der Waals surface area contributed by atoms with Crippen molar-refractivity contribution in [2.45, 2.75) is 38.8 Å². The lowest BCUT2D eigenvalue weighted by Gasteiger charge is -2.25. The zero-order valence-corrected chi connectivity index (χ0v) is 27.3. The Balaban J connectivity index is 1.77. The van der Waals surface area contributed by atoms with Crippen molar-refractivity contribution < 1.29 is 26.7 Å². The second-order valence-corrected chi connectivity index (χ2v) is 14.0. The standard InChI is InChI=1S/C33H32ClF2N5O4S/c1-33(2,3)45-32(42)38-27(15-19-13-22(35)17-23(36)14-19)29-25(16-21(18-37-29)20-9-7-6-8-10-20)24-11-12-26(34)28-30(24)41(4)39-31(28)40-46(5,43)44/h6-14,16-18,27H,15H2,1-5H3,(H,38,42)(H,39,40)/t27-/m0/s1. The first kappa shape index (κ1) is 32.8. The van der Waals surface area contributed by atoms with Gasteiger partial charge in [-0.2, -0.15) is 5.10 Å². The van der Waals surface area contributed by atoms with Crippen LogP contribution in [-0.4, -0.2) is 41.1 Å². The van der Waals surface area contributed by atoms with Crippen LogP contribution in [0.5, 0.6) is 0 Å². The minimum Gasteiger partial charge on any atom is -0.444 e. The average Bonchev–Trinajstić information content (AvgIpc) is 3.26. The largest absolute Gasteiger partial charge is 0.444 e. The molecule has 0 spiro atoms. The van der Waals surface area contributed by atoms with Gasteiger partial charge in [-0.15, -0.1) is 0 Å². The van der Waals surface area contributed by atoms with Gasteiger partial charge in [0.2, 0.25) is 10.0 Å². The summed E-state index contributed by atoms with van der Waals surface area (Å²) in [4.78, 5) is 18.0. The van der Waals surface area contributed by atoms with E-state index in [4.69, 9.17) is 21.3 Å². The van der Waals surface area contributed by atoms with Gasteiger partial charge in [0.25, 0.3) is 0 Å². The number of sulfonamides is 1. The highest BCUT2D eigenvalue weighted by Gasteiger charge is 2.27. The Morgan fingerprint density at radius 2 is 1.67 bits per heavy atom. The average molecular weight is 668 g/mol. The summed E-state index contributed by atoms with van der Waals surface area (Å²) in [5, 5.41) is 7.86. The molecule has 13 heteroatoms. The van der Waals surface area contributed by atoms with Crippen molar-refractivity contribution in [1.82, 2.24) is 20.1 Å². The van der Waals surface area contributed by atoms with Gasteiger partial charge in [-0.3, -0.25) is 14.4 Å². The fourth-order valence-corrected chi connectivity index (χ4v) is 5.97. The van der Waals surface area contributed by atoms with Crippen LogP contribution in [0.15, 0.2) is 72.9 Å². The molecule has 0 bridgehead atoms. The van der Waals surface area contributed by atoms with E-state index in [1.807, 2.05) is 36.4 Å². The lowest BCUT2D eigenvalue weighted by molar-refractivity contribution is 0.0502. The summed E-state index contributed by atoms with van der Waals surface area (Å²) < 4.78 is 62.4. The first-order valence-corrected chi connectivity index (χ1v) is 16.5. The number of hydrogen-bond acceptors (Lipinski definition) is 6. The predicted molar refractivity (Wildman–Crippen MR) is 175 cm³/mol. The molecule has 0 unspecified atom stereocenters. The number of halogens is 3. The summed E-state index contributed by atoms with van der Waals surface area (Å²) in [5.41, 5.74) is 3.01.